The monoisotopic (exact) mass is 344 g/mol. The van der Waals surface area contributed by atoms with Gasteiger partial charge in [0.25, 0.3) is 5.91 Å². The number of nitrogens with one attached hydrogen (secondary N) is 2. The Kier molecular flexibility index (Phi) is 6.38. The molecule has 0 aliphatic heterocycles. The van der Waals surface area contributed by atoms with Gasteiger partial charge in [0.15, 0.2) is 0 Å². The molecule has 0 radical (unpaired) electrons. The highest BCUT2D eigenvalue weighted by molar-refractivity contribution is 6.33. The maximum atomic E-state index is 12.2. The SMILES string of the molecule is CCC(CC)C(=O)Nc1ccc(C(=O)Nc2ccccc2Cl)cc1. The third-order valence-electron chi connectivity index (χ3n) is 3.89. The van der Waals surface area contributed by atoms with Crippen molar-refractivity contribution in [3.63, 3.8) is 0 Å². The highest BCUT2D eigenvalue weighted by atomic mass is 35.5. The molecule has 0 atom stereocenters. The van der Waals surface area contributed by atoms with Gasteiger partial charge in [-0.05, 0) is 49.2 Å². The van der Waals surface area contributed by atoms with Gasteiger partial charge in [0, 0.05) is 17.2 Å². The number of hydrogen-bond acceptors (Lipinski definition) is 2. The summed E-state index contributed by atoms with van der Waals surface area (Å²) in [7, 11) is 0. The number of anilines is 2. The molecule has 0 saturated carbocycles. The van der Waals surface area contributed by atoms with Gasteiger partial charge in [0.2, 0.25) is 5.91 Å². The predicted molar refractivity (Wildman–Crippen MR) is 98.5 cm³/mol. The zero-order valence-corrected chi connectivity index (χ0v) is 14.6. The van der Waals surface area contributed by atoms with E-state index in [2.05, 4.69) is 10.6 Å². The zero-order chi connectivity index (χ0) is 17.5. The van der Waals surface area contributed by atoms with E-state index in [0.29, 0.717) is 22.0 Å². The third-order valence-corrected chi connectivity index (χ3v) is 4.22. The van der Waals surface area contributed by atoms with Crippen molar-refractivity contribution in [2.24, 2.45) is 5.92 Å². The molecule has 4 nitrogen and oxygen atoms in total. The maximum absolute atomic E-state index is 12.2. The molecule has 0 unspecified atom stereocenters. The second kappa shape index (κ2) is 8.50. The molecule has 5 heteroatoms. The van der Waals surface area contributed by atoms with Crippen molar-refractivity contribution in [3.05, 3.63) is 59.1 Å². The van der Waals surface area contributed by atoms with Crippen LogP contribution in [-0.4, -0.2) is 11.8 Å². The van der Waals surface area contributed by atoms with Crippen LogP contribution in [-0.2, 0) is 4.79 Å². The van der Waals surface area contributed by atoms with Crippen molar-refractivity contribution in [3.8, 4) is 0 Å². The molecule has 2 N–H and O–H groups in total. The Morgan fingerprint density at radius 3 is 2.17 bits per heavy atom. The van der Waals surface area contributed by atoms with E-state index >= 15 is 0 Å². The zero-order valence-electron chi connectivity index (χ0n) is 13.8. The summed E-state index contributed by atoms with van der Waals surface area (Å²) in [5.74, 6) is -0.234. The molecule has 24 heavy (non-hydrogen) atoms. The molecule has 0 aliphatic carbocycles. The summed E-state index contributed by atoms with van der Waals surface area (Å²) in [6, 6.07) is 13.9. The number of carbonyl (C=O) groups excluding carboxylic acids is 2. The van der Waals surface area contributed by atoms with E-state index in [4.69, 9.17) is 11.6 Å². The average molecular weight is 345 g/mol. The van der Waals surface area contributed by atoms with Crippen molar-refractivity contribution in [2.75, 3.05) is 10.6 Å². The lowest BCUT2D eigenvalue weighted by molar-refractivity contribution is -0.120. The van der Waals surface area contributed by atoms with Crippen LogP contribution in [0.5, 0.6) is 0 Å². The van der Waals surface area contributed by atoms with Crippen LogP contribution in [0.15, 0.2) is 48.5 Å². The smallest absolute Gasteiger partial charge is 0.255 e. The molecule has 0 fully saturated rings. The van der Waals surface area contributed by atoms with Gasteiger partial charge < -0.3 is 10.6 Å². The van der Waals surface area contributed by atoms with E-state index < -0.39 is 0 Å². The van der Waals surface area contributed by atoms with Crippen LogP contribution in [0.3, 0.4) is 0 Å². The van der Waals surface area contributed by atoms with Crippen LogP contribution >= 0.6 is 11.6 Å². The van der Waals surface area contributed by atoms with Crippen LogP contribution in [0, 0.1) is 5.92 Å². The molecule has 0 saturated heterocycles. The largest absolute Gasteiger partial charge is 0.326 e. The van der Waals surface area contributed by atoms with Crippen LogP contribution in [0.2, 0.25) is 5.02 Å². The summed E-state index contributed by atoms with van der Waals surface area (Å²) in [4.78, 5) is 24.3. The second-order valence-electron chi connectivity index (χ2n) is 5.51. The number of benzene rings is 2. The van der Waals surface area contributed by atoms with Gasteiger partial charge in [-0.25, -0.2) is 0 Å². The normalized spacial score (nSPS) is 10.5. The second-order valence-corrected chi connectivity index (χ2v) is 5.92. The topological polar surface area (TPSA) is 58.2 Å². The molecule has 2 amide bonds. The summed E-state index contributed by atoms with van der Waals surface area (Å²) in [5, 5.41) is 6.13. The maximum Gasteiger partial charge on any atom is 0.255 e. The Balaban J connectivity index is 2.02. The quantitative estimate of drug-likeness (QED) is 0.777. The van der Waals surface area contributed by atoms with Crippen LogP contribution in [0.4, 0.5) is 11.4 Å². The van der Waals surface area contributed by atoms with Gasteiger partial charge in [-0.3, -0.25) is 9.59 Å². The van der Waals surface area contributed by atoms with Crippen LogP contribution in [0.25, 0.3) is 0 Å². The molecular formula is C19H21ClN2O2. The number of carbonyl (C=O) groups is 2. The van der Waals surface area contributed by atoms with Gasteiger partial charge in [0.1, 0.15) is 0 Å². The first-order valence-corrected chi connectivity index (χ1v) is 8.39. The highest BCUT2D eigenvalue weighted by Crippen LogP contribution is 2.21. The molecular weight excluding hydrogens is 324 g/mol. The van der Waals surface area contributed by atoms with Gasteiger partial charge in [-0.1, -0.05) is 37.6 Å². The van der Waals surface area contributed by atoms with E-state index in [1.54, 1.807) is 48.5 Å². The minimum Gasteiger partial charge on any atom is -0.326 e. The van der Waals surface area contributed by atoms with Crippen molar-refractivity contribution in [2.45, 2.75) is 26.7 Å². The Morgan fingerprint density at radius 2 is 1.58 bits per heavy atom. The van der Waals surface area contributed by atoms with Crippen molar-refractivity contribution in [1.29, 1.82) is 0 Å². The number of para-hydroxylation sites is 1. The van der Waals surface area contributed by atoms with E-state index in [0.717, 1.165) is 12.8 Å². The lowest BCUT2D eigenvalue weighted by atomic mass is 10.0. The predicted octanol–water partition coefficient (Wildman–Crippen LogP) is 4.97. The molecule has 0 bridgehead atoms. The third kappa shape index (κ3) is 4.59. The Morgan fingerprint density at radius 1 is 0.958 bits per heavy atom. The number of halogens is 1. The molecule has 0 heterocycles. The fourth-order valence-corrected chi connectivity index (χ4v) is 2.55. The Hall–Kier alpha value is -2.33. The fraction of sp³-hybridized carbons (Fsp3) is 0.263. The first-order chi connectivity index (χ1) is 11.5. The van der Waals surface area contributed by atoms with Crippen LogP contribution < -0.4 is 10.6 Å². The summed E-state index contributed by atoms with van der Waals surface area (Å²) in [5.41, 5.74) is 1.74. The molecule has 2 rings (SSSR count). The van der Waals surface area contributed by atoms with E-state index in [-0.39, 0.29) is 17.7 Å². The van der Waals surface area contributed by atoms with E-state index in [9.17, 15) is 9.59 Å². The van der Waals surface area contributed by atoms with Crippen molar-refractivity contribution >= 4 is 34.8 Å². The van der Waals surface area contributed by atoms with Crippen LogP contribution in [0.1, 0.15) is 37.0 Å². The molecule has 0 aliphatic rings. The van der Waals surface area contributed by atoms with Crippen molar-refractivity contribution < 1.29 is 9.59 Å². The molecule has 2 aromatic rings. The number of rotatable bonds is 6. The number of amides is 2. The van der Waals surface area contributed by atoms with E-state index in [1.807, 2.05) is 13.8 Å². The standard InChI is InChI=1S/C19H21ClN2O2/c1-3-13(4-2)18(23)21-15-11-9-14(10-12-15)19(24)22-17-8-6-5-7-16(17)20/h5-13H,3-4H2,1-2H3,(H,21,23)(H,22,24). The molecule has 2 aromatic carbocycles. The highest BCUT2D eigenvalue weighted by Gasteiger charge is 2.14. The summed E-state index contributed by atoms with van der Waals surface area (Å²) in [6.07, 6.45) is 1.61. The van der Waals surface area contributed by atoms with Gasteiger partial charge in [0.05, 0.1) is 10.7 Å². The van der Waals surface area contributed by atoms with Crippen molar-refractivity contribution in [1.82, 2.24) is 0 Å². The summed E-state index contributed by atoms with van der Waals surface area (Å²) in [6.45, 7) is 3.99. The number of hydrogen-bond donors (Lipinski definition) is 2. The molecule has 0 spiro atoms. The molecule has 126 valence electrons. The lowest BCUT2D eigenvalue weighted by Gasteiger charge is -2.13. The fourth-order valence-electron chi connectivity index (χ4n) is 2.37. The van der Waals surface area contributed by atoms with Gasteiger partial charge in [-0.15, -0.1) is 0 Å². The van der Waals surface area contributed by atoms with E-state index in [1.165, 1.54) is 0 Å². The minimum atomic E-state index is -0.249. The first-order valence-electron chi connectivity index (χ1n) is 8.02. The average Bonchev–Trinajstić information content (AvgIpc) is 2.58. The molecule has 0 aromatic heterocycles. The summed E-state index contributed by atoms with van der Waals surface area (Å²) >= 11 is 6.03. The van der Waals surface area contributed by atoms with Gasteiger partial charge >= 0.3 is 0 Å². The Labute approximate surface area is 147 Å². The first kappa shape index (κ1) is 18.0. The lowest BCUT2D eigenvalue weighted by Crippen LogP contribution is -2.21. The van der Waals surface area contributed by atoms with Gasteiger partial charge in [-0.2, -0.15) is 0 Å². The Bertz CT molecular complexity index is 710. The minimum absolute atomic E-state index is 0.00759. The summed E-state index contributed by atoms with van der Waals surface area (Å²) < 4.78 is 0.